The molecule has 6 nitrogen and oxygen atoms in total. The maximum absolute atomic E-state index is 13.5. The second kappa shape index (κ2) is 8.91. The van der Waals surface area contributed by atoms with Crippen LogP contribution in [-0.2, 0) is 9.59 Å². The Morgan fingerprint density at radius 1 is 0.962 bits per heavy atom. The van der Waals surface area contributed by atoms with Crippen LogP contribution in [0.2, 0.25) is 0 Å². The summed E-state index contributed by atoms with van der Waals surface area (Å²) in [6, 6.07) is 10.1. The van der Waals surface area contributed by atoms with Crippen molar-refractivity contribution in [2.45, 2.75) is 0 Å². The van der Waals surface area contributed by atoms with Gasteiger partial charge in [0.05, 0.1) is 14.2 Å². The van der Waals surface area contributed by atoms with E-state index in [-0.39, 0.29) is 19.0 Å². The Morgan fingerprint density at radius 3 is 2.04 bits per heavy atom. The van der Waals surface area contributed by atoms with Gasteiger partial charge in [-0.3, -0.25) is 9.59 Å². The lowest BCUT2D eigenvalue weighted by molar-refractivity contribution is -0.862. The summed E-state index contributed by atoms with van der Waals surface area (Å²) in [6.45, 7) is -0.108. The highest BCUT2D eigenvalue weighted by Gasteiger charge is 2.17. The Morgan fingerprint density at radius 2 is 1.50 bits per heavy atom. The highest BCUT2D eigenvalue weighted by molar-refractivity contribution is 5.93. The zero-order valence-corrected chi connectivity index (χ0v) is 14.4. The van der Waals surface area contributed by atoms with Crippen molar-refractivity contribution < 1.29 is 28.0 Å². The summed E-state index contributed by atoms with van der Waals surface area (Å²) in [7, 11) is 3.18. The topological polar surface area (TPSA) is 71.9 Å². The first-order valence-electron chi connectivity index (χ1n) is 7.88. The number of hydrogen-bond donors (Lipinski definition) is 3. The predicted molar refractivity (Wildman–Crippen MR) is 93.2 cm³/mol. The van der Waals surface area contributed by atoms with Crippen LogP contribution in [0, 0.1) is 11.6 Å². The number of carbonyl (C=O) groups excluding carboxylic acids is 2. The van der Waals surface area contributed by atoms with Gasteiger partial charge in [-0.2, -0.15) is 0 Å². The molecule has 2 rings (SSSR count). The molecule has 138 valence electrons. The lowest BCUT2D eigenvalue weighted by atomic mass is 10.3. The van der Waals surface area contributed by atoms with Gasteiger partial charge in [0.1, 0.15) is 23.1 Å². The number of likely N-dealkylation sites (N-methyl/N-ethyl adjacent to an activating group) is 1. The summed E-state index contributed by atoms with van der Waals surface area (Å²) < 4.78 is 32.1. The fourth-order valence-corrected chi connectivity index (χ4v) is 2.29. The molecule has 0 aliphatic carbocycles. The second-order valence-electron chi connectivity index (χ2n) is 5.73. The van der Waals surface area contributed by atoms with Crippen molar-refractivity contribution >= 4 is 23.2 Å². The van der Waals surface area contributed by atoms with E-state index in [0.717, 1.165) is 12.1 Å². The smallest absolute Gasteiger partial charge is 0.279 e. The molecule has 2 amide bonds. The van der Waals surface area contributed by atoms with Gasteiger partial charge in [-0.15, -0.1) is 0 Å². The first kappa shape index (κ1) is 19.3. The molecule has 0 aliphatic heterocycles. The molecule has 26 heavy (non-hydrogen) atoms. The van der Waals surface area contributed by atoms with Gasteiger partial charge >= 0.3 is 0 Å². The first-order chi connectivity index (χ1) is 12.4. The Kier molecular flexibility index (Phi) is 6.62. The van der Waals surface area contributed by atoms with E-state index in [4.69, 9.17) is 4.74 Å². The molecule has 0 saturated heterocycles. The van der Waals surface area contributed by atoms with Crippen LogP contribution in [0.15, 0.2) is 42.5 Å². The number of benzene rings is 2. The van der Waals surface area contributed by atoms with Gasteiger partial charge in [-0.05, 0) is 36.4 Å². The minimum absolute atomic E-state index is 0.0131. The average molecular weight is 364 g/mol. The number of nitrogens with one attached hydrogen (secondary N) is 3. The molecule has 2 aromatic rings. The van der Waals surface area contributed by atoms with Crippen LogP contribution in [0.5, 0.6) is 5.75 Å². The van der Waals surface area contributed by atoms with E-state index in [9.17, 15) is 18.4 Å². The molecule has 0 saturated carbocycles. The average Bonchev–Trinajstić information content (AvgIpc) is 2.58. The van der Waals surface area contributed by atoms with Crippen molar-refractivity contribution in [3.63, 3.8) is 0 Å². The molecular weight excluding hydrogens is 344 g/mol. The molecule has 0 heterocycles. The number of halogens is 2. The van der Waals surface area contributed by atoms with Gasteiger partial charge < -0.3 is 20.3 Å². The van der Waals surface area contributed by atoms with Crippen molar-refractivity contribution in [2.75, 3.05) is 37.9 Å². The number of methoxy groups -OCH3 is 1. The normalized spacial score (nSPS) is 11.5. The zero-order valence-electron chi connectivity index (χ0n) is 14.4. The van der Waals surface area contributed by atoms with E-state index in [1.807, 2.05) is 0 Å². The van der Waals surface area contributed by atoms with Crippen molar-refractivity contribution in [1.29, 1.82) is 0 Å². The molecule has 8 heteroatoms. The minimum Gasteiger partial charge on any atom is -0.497 e. The number of rotatable bonds is 7. The van der Waals surface area contributed by atoms with Crippen molar-refractivity contribution in [3.05, 3.63) is 54.1 Å². The van der Waals surface area contributed by atoms with Crippen LogP contribution in [0.3, 0.4) is 0 Å². The Balaban J connectivity index is 1.84. The lowest BCUT2D eigenvalue weighted by Gasteiger charge is -2.14. The minimum atomic E-state index is -0.853. The summed E-state index contributed by atoms with van der Waals surface area (Å²) in [5.41, 5.74) is 0.106. The van der Waals surface area contributed by atoms with Gasteiger partial charge in [0.15, 0.2) is 13.1 Å². The Bertz CT molecular complexity index is 762. The van der Waals surface area contributed by atoms with Gasteiger partial charge in [0.2, 0.25) is 0 Å². The highest BCUT2D eigenvalue weighted by Crippen LogP contribution is 2.17. The lowest BCUT2D eigenvalue weighted by Crippen LogP contribution is -3.11. The number of ether oxygens (including phenoxy) is 1. The van der Waals surface area contributed by atoms with E-state index < -0.39 is 23.2 Å². The fourth-order valence-electron chi connectivity index (χ4n) is 2.29. The molecule has 0 radical (unpaired) electrons. The van der Waals surface area contributed by atoms with Crippen LogP contribution < -0.4 is 20.3 Å². The van der Waals surface area contributed by atoms with Crippen LogP contribution in [0.25, 0.3) is 0 Å². The van der Waals surface area contributed by atoms with E-state index in [0.29, 0.717) is 16.3 Å². The van der Waals surface area contributed by atoms with Crippen molar-refractivity contribution in [3.8, 4) is 5.75 Å². The van der Waals surface area contributed by atoms with Crippen LogP contribution in [0.4, 0.5) is 20.2 Å². The van der Waals surface area contributed by atoms with Gasteiger partial charge in [0, 0.05) is 5.69 Å². The quantitative estimate of drug-likeness (QED) is 0.688. The third-order valence-corrected chi connectivity index (χ3v) is 3.53. The summed E-state index contributed by atoms with van der Waals surface area (Å²) in [4.78, 5) is 24.5. The van der Waals surface area contributed by atoms with Gasteiger partial charge in [-0.1, -0.05) is 6.07 Å². The number of carbonyl (C=O) groups is 2. The number of anilines is 2. The van der Waals surface area contributed by atoms with Crippen LogP contribution in [0.1, 0.15) is 0 Å². The maximum atomic E-state index is 13.5. The first-order valence-corrected chi connectivity index (χ1v) is 7.88. The molecule has 1 atom stereocenters. The SMILES string of the molecule is COc1ccc(NC(=O)C[NH+](C)CC(=O)Nc2c(F)cccc2F)cc1. The molecule has 0 aliphatic rings. The third kappa shape index (κ3) is 5.52. The molecule has 1 unspecified atom stereocenters. The van der Waals surface area contributed by atoms with Gasteiger partial charge in [-0.25, -0.2) is 8.78 Å². The van der Waals surface area contributed by atoms with E-state index in [1.165, 1.54) is 6.07 Å². The number of hydrogen-bond acceptors (Lipinski definition) is 3. The number of quaternary nitrogens is 1. The van der Waals surface area contributed by atoms with Crippen LogP contribution >= 0.6 is 0 Å². The third-order valence-electron chi connectivity index (χ3n) is 3.53. The summed E-state index contributed by atoms with van der Waals surface area (Å²) >= 11 is 0. The largest absolute Gasteiger partial charge is 0.497 e. The molecule has 0 aromatic heterocycles. The highest BCUT2D eigenvalue weighted by atomic mass is 19.1. The standard InChI is InChI=1S/C18H19F2N3O3/c1-23(10-16(24)21-12-6-8-13(26-2)9-7-12)11-17(25)22-18-14(19)4-3-5-15(18)20/h3-9H,10-11H2,1-2H3,(H,21,24)(H,22,25)/p+1. The van der Waals surface area contributed by atoms with Crippen LogP contribution in [-0.4, -0.2) is 39.1 Å². The van der Waals surface area contributed by atoms with Crippen molar-refractivity contribution in [1.82, 2.24) is 0 Å². The maximum Gasteiger partial charge on any atom is 0.279 e. The monoisotopic (exact) mass is 364 g/mol. The van der Waals surface area contributed by atoms with E-state index >= 15 is 0 Å². The second-order valence-corrected chi connectivity index (χ2v) is 5.73. The molecule has 0 fully saturated rings. The Hall–Kier alpha value is -3.00. The zero-order chi connectivity index (χ0) is 19.1. The molecule has 0 spiro atoms. The summed E-state index contributed by atoms with van der Waals surface area (Å²) in [6.07, 6.45) is 0. The van der Waals surface area contributed by atoms with E-state index in [1.54, 1.807) is 38.4 Å². The number of amides is 2. The Labute approximate surface area is 149 Å². The molecule has 0 bridgehead atoms. The summed E-state index contributed by atoms with van der Waals surface area (Å²) in [5, 5.41) is 4.89. The predicted octanol–water partition coefficient (Wildman–Crippen LogP) is 1.07. The van der Waals surface area contributed by atoms with Crippen molar-refractivity contribution in [2.24, 2.45) is 0 Å². The van der Waals surface area contributed by atoms with Gasteiger partial charge in [0.25, 0.3) is 11.8 Å². The van der Waals surface area contributed by atoms with E-state index in [2.05, 4.69) is 10.6 Å². The molecule has 2 aromatic carbocycles. The molecular formula is C18H20F2N3O3+. The molecule has 3 N–H and O–H groups in total. The number of para-hydroxylation sites is 1. The summed E-state index contributed by atoms with van der Waals surface area (Å²) in [5.74, 6) is -1.93. The fraction of sp³-hybridized carbons (Fsp3) is 0.222.